The van der Waals surface area contributed by atoms with Crippen LogP contribution >= 0.6 is 0 Å². The zero-order chi connectivity index (χ0) is 22.1. The van der Waals surface area contributed by atoms with Crippen molar-refractivity contribution in [2.75, 3.05) is 6.61 Å². The third-order valence-corrected chi connectivity index (χ3v) is 5.74. The van der Waals surface area contributed by atoms with Crippen molar-refractivity contribution in [1.29, 1.82) is 0 Å². The van der Waals surface area contributed by atoms with Crippen molar-refractivity contribution in [3.63, 3.8) is 0 Å². The minimum absolute atomic E-state index is 0.0598. The van der Waals surface area contributed by atoms with E-state index in [1.54, 1.807) is 24.3 Å². The quantitative estimate of drug-likeness (QED) is 0.634. The molecule has 0 radical (unpaired) electrons. The molecule has 2 N–H and O–H groups in total. The number of nitrogens with one attached hydrogen (secondary N) is 2. The Balaban J connectivity index is 1.55. The molecule has 2 amide bonds. The number of amides is 2. The summed E-state index contributed by atoms with van der Waals surface area (Å²) in [6.45, 7) is 1.83. The Kier molecular flexibility index (Phi) is 8.21. The minimum atomic E-state index is -0.553. The van der Waals surface area contributed by atoms with Crippen LogP contribution in [-0.4, -0.2) is 30.4 Å². The number of ether oxygens (including phenoxy) is 1. The maximum Gasteiger partial charge on any atom is 0.308 e. The van der Waals surface area contributed by atoms with Gasteiger partial charge in [-0.2, -0.15) is 0 Å². The number of hydrogen-bond acceptors (Lipinski definition) is 4. The SMILES string of the molecule is C[C@@H]1CCCC[C@H]1NC(=O)COC(=O)C[C@@H](NC(=O)c1ccccc1)c1ccccc1. The molecule has 164 valence electrons. The van der Waals surface area contributed by atoms with Crippen LogP contribution < -0.4 is 10.6 Å². The van der Waals surface area contributed by atoms with Gasteiger partial charge in [0.1, 0.15) is 0 Å². The zero-order valence-electron chi connectivity index (χ0n) is 17.9. The van der Waals surface area contributed by atoms with Gasteiger partial charge >= 0.3 is 5.97 Å². The summed E-state index contributed by atoms with van der Waals surface area (Å²) < 4.78 is 5.22. The van der Waals surface area contributed by atoms with Crippen LogP contribution in [0.5, 0.6) is 0 Å². The molecule has 1 saturated carbocycles. The Labute approximate surface area is 183 Å². The fourth-order valence-corrected chi connectivity index (χ4v) is 3.92. The van der Waals surface area contributed by atoms with Gasteiger partial charge in [0.2, 0.25) is 0 Å². The van der Waals surface area contributed by atoms with E-state index in [1.165, 1.54) is 6.42 Å². The lowest BCUT2D eigenvalue weighted by atomic mass is 9.86. The molecule has 31 heavy (non-hydrogen) atoms. The average Bonchev–Trinajstić information content (AvgIpc) is 2.80. The molecule has 3 atom stereocenters. The first kappa shape index (κ1) is 22.5. The van der Waals surface area contributed by atoms with Crippen LogP contribution in [0.1, 0.15) is 61.0 Å². The number of carbonyl (C=O) groups excluding carboxylic acids is 3. The molecule has 2 aromatic carbocycles. The first-order valence-electron chi connectivity index (χ1n) is 10.9. The van der Waals surface area contributed by atoms with Gasteiger partial charge in [-0.15, -0.1) is 0 Å². The fraction of sp³-hybridized carbons (Fsp3) is 0.400. The summed E-state index contributed by atoms with van der Waals surface area (Å²) in [7, 11) is 0. The van der Waals surface area contributed by atoms with E-state index in [-0.39, 0.29) is 30.9 Å². The maximum absolute atomic E-state index is 12.6. The number of benzene rings is 2. The third-order valence-electron chi connectivity index (χ3n) is 5.74. The van der Waals surface area contributed by atoms with Crippen molar-refractivity contribution in [3.05, 3.63) is 71.8 Å². The van der Waals surface area contributed by atoms with E-state index in [1.807, 2.05) is 36.4 Å². The first-order valence-corrected chi connectivity index (χ1v) is 10.9. The van der Waals surface area contributed by atoms with Gasteiger partial charge < -0.3 is 15.4 Å². The summed E-state index contributed by atoms with van der Waals surface area (Å²) >= 11 is 0. The van der Waals surface area contributed by atoms with E-state index in [0.717, 1.165) is 24.8 Å². The topological polar surface area (TPSA) is 84.5 Å². The van der Waals surface area contributed by atoms with E-state index >= 15 is 0 Å². The molecule has 1 aliphatic rings. The van der Waals surface area contributed by atoms with Crippen LogP contribution in [0.4, 0.5) is 0 Å². The van der Waals surface area contributed by atoms with Crippen molar-refractivity contribution < 1.29 is 19.1 Å². The van der Waals surface area contributed by atoms with Gasteiger partial charge in [-0.25, -0.2) is 0 Å². The molecule has 6 nitrogen and oxygen atoms in total. The van der Waals surface area contributed by atoms with E-state index in [9.17, 15) is 14.4 Å². The van der Waals surface area contributed by atoms with E-state index in [0.29, 0.717) is 11.5 Å². The summed E-state index contributed by atoms with van der Waals surface area (Å²) in [4.78, 5) is 37.3. The van der Waals surface area contributed by atoms with Crippen molar-refractivity contribution in [1.82, 2.24) is 10.6 Å². The van der Waals surface area contributed by atoms with Crippen LogP contribution in [0, 0.1) is 5.92 Å². The van der Waals surface area contributed by atoms with Crippen LogP contribution in [0.3, 0.4) is 0 Å². The lowest BCUT2D eigenvalue weighted by molar-refractivity contribution is -0.149. The first-order chi connectivity index (χ1) is 15.0. The largest absolute Gasteiger partial charge is 0.456 e. The Hall–Kier alpha value is -3.15. The molecule has 1 fully saturated rings. The Morgan fingerprint density at radius 1 is 0.968 bits per heavy atom. The second-order valence-corrected chi connectivity index (χ2v) is 8.10. The summed E-state index contributed by atoms with van der Waals surface area (Å²) in [5, 5.41) is 5.88. The summed E-state index contributed by atoms with van der Waals surface area (Å²) in [5.74, 6) is -0.652. The Morgan fingerprint density at radius 2 is 1.61 bits per heavy atom. The second kappa shape index (κ2) is 11.3. The number of hydrogen-bond donors (Lipinski definition) is 2. The monoisotopic (exact) mass is 422 g/mol. The van der Waals surface area contributed by atoms with E-state index in [4.69, 9.17) is 4.74 Å². The van der Waals surface area contributed by atoms with E-state index in [2.05, 4.69) is 17.6 Å². The normalized spacial score (nSPS) is 19.1. The number of rotatable bonds is 8. The van der Waals surface area contributed by atoms with Gasteiger partial charge in [0.05, 0.1) is 12.5 Å². The van der Waals surface area contributed by atoms with Crippen LogP contribution in [0.2, 0.25) is 0 Å². The molecule has 3 rings (SSSR count). The van der Waals surface area contributed by atoms with Crippen LogP contribution in [0.15, 0.2) is 60.7 Å². The standard InChI is InChI=1S/C25H30N2O4/c1-18-10-8-9-15-21(18)26-23(28)17-31-24(29)16-22(19-11-4-2-5-12-19)27-25(30)20-13-6-3-7-14-20/h2-7,11-14,18,21-22H,8-10,15-17H2,1H3,(H,26,28)(H,27,30)/t18-,21-,22-/m1/s1. The number of carbonyl (C=O) groups is 3. The summed E-state index contributed by atoms with van der Waals surface area (Å²) in [6, 6.07) is 17.7. The third kappa shape index (κ3) is 6.95. The molecule has 0 heterocycles. The summed E-state index contributed by atoms with van der Waals surface area (Å²) in [5.41, 5.74) is 1.31. The van der Waals surface area contributed by atoms with Gasteiger partial charge in [0.15, 0.2) is 6.61 Å². The molecular weight excluding hydrogens is 392 g/mol. The predicted octanol–water partition coefficient (Wildman–Crippen LogP) is 3.79. The highest BCUT2D eigenvalue weighted by Gasteiger charge is 2.24. The highest BCUT2D eigenvalue weighted by molar-refractivity contribution is 5.94. The highest BCUT2D eigenvalue weighted by atomic mass is 16.5. The molecular formula is C25H30N2O4. The van der Waals surface area contributed by atoms with Gasteiger partial charge in [0, 0.05) is 11.6 Å². The summed E-state index contributed by atoms with van der Waals surface area (Å²) in [6.07, 6.45) is 4.30. The Morgan fingerprint density at radius 3 is 2.29 bits per heavy atom. The lowest BCUT2D eigenvalue weighted by Gasteiger charge is -2.29. The van der Waals surface area contributed by atoms with Crippen LogP contribution in [-0.2, 0) is 14.3 Å². The van der Waals surface area contributed by atoms with Crippen molar-refractivity contribution in [2.45, 2.75) is 51.1 Å². The molecule has 0 aromatic heterocycles. The van der Waals surface area contributed by atoms with Gasteiger partial charge in [0.25, 0.3) is 11.8 Å². The smallest absolute Gasteiger partial charge is 0.308 e. The second-order valence-electron chi connectivity index (χ2n) is 8.10. The minimum Gasteiger partial charge on any atom is -0.456 e. The van der Waals surface area contributed by atoms with Crippen molar-refractivity contribution in [3.8, 4) is 0 Å². The molecule has 6 heteroatoms. The Bertz CT molecular complexity index is 870. The van der Waals surface area contributed by atoms with Crippen molar-refractivity contribution in [2.24, 2.45) is 5.92 Å². The predicted molar refractivity (Wildman–Crippen MR) is 118 cm³/mol. The van der Waals surface area contributed by atoms with E-state index < -0.39 is 12.0 Å². The lowest BCUT2D eigenvalue weighted by Crippen LogP contribution is -2.43. The van der Waals surface area contributed by atoms with Crippen molar-refractivity contribution >= 4 is 17.8 Å². The molecule has 0 spiro atoms. The zero-order valence-corrected chi connectivity index (χ0v) is 17.9. The van der Waals surface area contributed by atoms with Gasteiger partial charge in [-0.1, -0.05) is 68.3 Å². The molecule has 0 saturated heterocycles. The molecule has 2 aromatic rings. The highest BCUT2D eigenvalue weighted by Crippen LogP contribution is 2.23. The molecule has 0 unspecified atom stereocenters. The molecule has 1 aliphatic carbocycles. The van der Waals surface area contributed by atoms with Crippen LogP contribution in [0.25, 0.3) is 0 Å². The average molecular weight is 423 g/mol. The van der Waals surface area contributed by atoms with Gasteiger partial charge in [-0.05, 0) is 36.5 Å². The maximum atomic E-state index is 12.6. The van der Waals surface area contributed by atoms with Gasteiger partial charge in [-0.3, -0.25) is 14.4 Å². The fourth-order valence-electron chi connectivity index (χ4n) is 3.92. The molecule has 0 aliphatic heterocycles. The molecule has 0 bridgehead atoms. The number of esters is 1.